The first kappa shape index (κ1) is 22.9. The van der Waals surface area contributed by atoms with E-state index in [-0.39, 0.29) is 10.5 Å². The topological polar surface area (TPSA) is 92.8 Å². The van der Waals surface area contributed by atoms with Crippen LogP contribution in [0.15, 0.2) is 71.6 Å². The van der Waals surface area contributed by atoms with Crippen molar-refractivity contribution in [2.45, 2.75) is 37.2 Å². The maximum absolute atomic E-state index is 12.9. The molecular weight excluding hydrogens is 440 g/mol. The Kier molecular flexibility index (Phi) is 6.76. The van der Waals surface area contributed by atoms with Gasteiger partial charge in [0.1, 0.15) is 0 Å². The van der Waals surface area contributed by atoms with E-state index in [9.17, 15) is 18.0 Å². The quantitative estimate of drug-likeness (QED) is 0.550. The number of hydrogen-bond acceptors (Lipinski definition) is 5. The molecule has 1 aliphatic heterocycles. The molecule has 1 atom stereocenters. The van der Waals surface area contributed by atoms with E-state index >= 15 is 0 Å². The van der Waals surface area contributed by atoms with E-state index in [0.717, 1.165) is 30.0 Å². The first-order valence-corrected chi connectivity index (χ1v) is 12.4. The van der Waals surface area contributed by atoms with E-state index in [1.807, 2.05) is 36.4 Å². The minimum absolute atomic E-state index is 0.0479. The Morgan fingerprint density at radius 3 is 2.42 bits per heavy atom. The number of rotatable bonds is 6. The Hall–Kier alpha value is -3.23. The number of anilines is 1. The Morgan fingerprint density at radius 1 is 0.939 bits per heavy atom. The summed E-state index contributed by atoms with van der Waals surface area (Å²) in [6.45, 7) is 2.43. The third-order valence-corrected chi connectivity index (χ3v) is 7.62. The minimum Gasteiger partial charge on any atom is -0.449 e. The fourth-order valence-electron chi connectivity index (χ4n) is 3.89. The number of esters is 1. The molecule has 7 nitrogen and oxygen atoms in total. The van der Waals surface area contributed by atoms with Crippen LogP contribution in [-0.2, 0) is 19.6 Å². The monoisotopic (exact) mass is 466 g/mol. The first-order chi connectivity index (χ1) is 15.9. The van der Waals surface area contributed by atoms with E-state index in [0.29, 0.717) is 18.8 Å². The van der Waals surface area contributed by atoms with E-state index in [4.69, 9.17) is 4.74 Å². The lowest BCUT2D eigenvalue weighted by Gasteiger charge is -2.26. The zero-order valence-electron chi connectivity index (χ0n) is 18.4. The normalized spacial score (nSPS) is 15.7. The summed E-state index contributed by atoms with van der Waals surface area (Å²) in [5.41, 5.74) is 0.702. The van der Waals surface area contributed by atoms with Gasteiger partial charge in [-0.25, -0.2) is 13.2 Å². The molecule has 8 heteroatoms. The standard InChI is InChI=1S/C25H26N2O5S/c1-18(24(28)26-23-14-8-10-19-9-3-4-13-22(19)23)32-25(29)20-11-7-12-21(17-20)33(30,31)27-15-5-2-6-16-27/h3-4,7-14,17-18H,2,5-6,15-16H2,1H3,(H,26,28). The van der Waals surface area contributed by atoms with Crippen LogP contribution in [0.5, 0.6) is 0 Å². The van der Waals surface area contributed by atoms with Gasteiger partial charge in [0.05, 0.1) is 10.5 Å². The second kappa shape index (κ2) is 9.72. The molecule has 4 rings (SSSR count). The number of benzene rings is 3. The second-order valence-corrected chi connectivity index (χ2v) is 9.99. The summed E-state index contributed by atoms with van der Waals surface area (Å²) < 4.78 is 32.6. The maximum atomic E-state index is 12.9. The summed E-state index contributed by atoms with van der Waals surface area (Å²) in [5.74, 6) is -1.23. The van der Waals surface area contributed by atoms with Gasteiger partial charge in [-0.3, -0.25) is 4.79 Å². The number of fused-ring (bicyclic) bond motifs is 1. The van der Waals surface area contributed by atoms with Gasteiger partial charge in [0.25, 0.3) is 5.91 Å². The van der Waals surface area contributed by atoms with Gasteiger partial charge in [0.15, 0.2) is 6.10 Å². The number of carbonyl (C=O) groups excluding carboxylic acids is 2. The van der Waals surface area contributed by atoms with E-state index in [1.165, 1.54) is 35.5 Å². The van der Waals surface area contributed by atoms with Crippen molar-refractivity contribution in [3.63, 3.8) is 0 Å². The molecule has 1 heterocycles. The Labute approximate surface area is 193 Å². The van der Waals surface area contributed by atoms with Crippen molar-refractivity contribution < 1.29 is 22.7 Å². The third-order valence-electron chi connectivity index (χ3n) is 5.72. The number of hydrogen-bond donors (Lipinski definition) is 1. The number of sulfonamides is 1. The van der Waals surface area contributed by atoms with Crippen LogP contribution in [0, 0.1) is 0 Å². The van der Waals surface area contributed by atoms with Crippen molar-refractivity contribution >= 4 is 38.4 Å². The number of carbonyl (C=O) groups is 2. The lowest BCUT2D eigenvalue weighted by atomic mass is 10.1. The highest BCUT2D eigenvalue weighted by molar-refractivity contribution is 7.89. The highest BCUT2D eigenvalue weighted by atomic mass is 32.2. The molecule has 1 fully saturated rings. The van der Waals surface area contributed by atoms with E-state index in [1.54, 1.807) is 6.07 Å². The highest BCUT2D eigenvalue weighted by Crippen LogP contribution is 2.24. The minimum atomic E-state index is -3.68. The molecule has 0 saturated carbocycles. The maximum Gasteiger partial charge on any atom is 0.338 e. The molecule has 172 valence electrons. The van der Waals surface area contributed by atoms with Gasteiger partial charge >= 0.3 is 5.97 Å². The number of nitrogens with one attached hydrogen (secondary N) is 1. The van der Waals surface area contributed by atoms with Gasteiger partial charge in [-0.2, -0.15) is 4.31 Å². The lowest BCUT2D eigenvalue weighted by molar-refractivity contribution is -0.123. The largest absolute Gasteiger partial charge is 0.449 e. The Balaban J connectivity index is 1.45. The average molecular weight is 467 g/mol. The molecule has 0 spiro atoms. The predicted molar refractivity (Wildman–Crippen MR) is 127 cm³/mol. The zero-order valence-corrected chi connectivity index (χ0v) is 19.2. The summed E-state index contributed by atoms with van der Waals surface area (Å²) in [4.78, 5) is 25.4. The van der Waals surface area contributed by atoms with Crippen molar-refractivity contribution in [3.05, 3.63) is 72.3 Å². The second-order valence-electron chi connectivity index (χ2n) is 8.06. The van der Waals surface area contributed by atoms with E-state index < -0.39 is 28.0 Å². The summed E-state index contributed by atoms with van der Waals surface area (Å²) in [5, 5.41) is 4.66. The van der Waals surface area contributed by atoms with Crippen molar-refractivity contribution in [2.75, 3.05) is 18.4 Å². The fraction of sp³-hybridized carbons (Fsp3) is 0.280. The summed E-state index contributed by atoms with van der Waals surface area (Å²) in [7, 11) is -3.68. The van der Waals surface area contributed by atoms with Gasteiger partial charge in [-0.1, -0.05) is 48.9 Å². The molecule has 3 aromatic carbocycles. The van der Waals surface area contributed by atoms with Gasteiger partial charge in [-0.15, -0.1) is 0 Å². The molecule has 1 amide bonds. The van der Waals surface area contributed by atoms with Crippen molar-refractivity contribution in [3.8, 4) is 0 Å². The summed E-state index contributed by atoms with van der Waals surface area (Å²) >= 11 is 0. The number of piperidine rings is 1. The van der Waals surface area contributed by atoms with Crippen LogP contribution in [0.1, 0.15) is 36.5 Å². The molecule has 33 heavy (non-hydrogen) atoms. The SMILES string of the molecule is CC(OC(=O)c1cccc(S(=O)(=O)N2CCCCC2)c1)C(=O)Nc1cccc2ccccc12. The number of nitrogens with zero attached hydrogens (tertiary/aromatic N) is 1. The van der Waals surface area contributed by atoms with Crippen LogP contribution >= 0.6 is 0 Å². The zero-order chi connectivity index (χ0) is 23.4. The molecule has 1 unspecified atom stereocenters. The lowest BCUT2D eigenvalue weighted by Crippen LogP contribution is -2.35. The Bertz CT molecular complexity index is 1280. The van der Waals surface area contributed by atoms with Crippen molar-refractivity contribution in [2.24, 2.45) is 0 Å². The van der Waals surface area contributed by atoms with Crippen molar-refractivity contribution in [1.82, 2.24) is 4.31 Å². The third kappa shape index (κ3) is 5.07. The van der Waals surface area contributed by atoms with Crippen LogP contribution in [0.2, 0.25) is 0 Å². The molecule has 1 aliphatic rings. The fourth-order valence-corrected chi connectivity index (χ4v) is 5.45. The van der Waals surface area contributed by atoms with Crippen LogP contribution in [-0.4, -0.2) is 43.8 Å². The molecule has 0 aliphatic carbocycles. The Morgan fingerprint density at radius 2 is 1.64 bits per heavy atom. The van der Waals surface area contributed by atoms with Crippen LogP contribution in [0.3, 0.4) is 0 Å². The molecule has 0 bridgehead atoms. The number of ether oxygens (including phenoxy) is 1. The number of amides is 1. The predicted octanol–water partition coefficient (Wildman–Crippen LogP) is 4.20. The molecule has 3 aromatic rings. The van der Waals surface area contributed by atoms with E-state index in [2.05, 4.69) is 5.32 Å². The van der Waals surface area contributed by atoms with Crippen LogP contribution < -0.4 is 5.32 Å². The van der Waals surface area contributed by atoms with Gasteiger partial charge in [0, 0.05) is 24.2 Å². The smallest absolute Gasteiger partial charge is 0.338 e. The summed E-state index contributed by atoms with van der Waals surface area (Å²) in [6.07, 6.45) is 1.59. The van der Waals surface area contributed by atoms with Gasteiger partial charge in [-0.05, 0) is 49.4 Å². The van der Waals surface area contributed by atoms with Crippen LogP contribution in [0.4, 0.5) is 5.69 Å². The average Bonchev–Trinajstić information content (AvgIpc) is 2.84. The van der Waals surface area contributed by atoms with Gasteiger partial charge < -0.3 is 10.1 Å². The first-order valence-electron chi connectivity index (χ1n) is 11.0. The highest BCUT2D eigenvalue weighted by Gasteiger charge is 2.27. The molecule has 0 radical (unpaired) electrons. The molecule has 0 aromatic heterocycles. The van der Waals surface area contributed by atoms with Gasteiger partial charge in [0.2, 0.25) is 10.0 Å². The van der Waals surface area contributed by atoms with Crippen LogP contribution in [0.25, 0.3) is 10.8 Å². The molecule has 1 N–H and O–H groups in total. The van der Waals surface area contributed by atoms with Crippen molar-refractivity contribution in [1.29, 1.82) is 0 Å². The molecular formula is C25H26N2O5S. The molecule has 1 saturated heterocycles. The summed E-state index contributed by atoms with van der Waals surface area (Å²) in [6, 6.07) is 19.0.